The molecule has 0 spiro atoms. The minimum absolute atomic E-state index is 0.257. The molecule has 6 nitrogen and oxygen atoms in total. The Hall–Kier alpha value is -3.18. The van der Waals surface area contributed by atoms with Gasteiger partial charge in [0, 0.05) is 17.3 Å². The van der Waals surface area contributed by atoms with Crippen molar-refractivity contribution in [3.63, 3.8) is 0 Å². The molecule has 2 heterocycles. The van der Waals surface area contributed by atoms with E-state index in [2.05, 4.69) is 26.3 Å². The van der Waals surface area contributed by atoms with E-state index in [1.54, 1.807) is 12.1 Å². The van der Waals surface area contributed by atoms with Gasteiger partial charge in [0.15, 0.2) is 5.65 Å². The van der Waals surface area contributed by atoms with Gasteiger partial charge in [0.25, 0.3) is 0 Å². The number of halogens is 2. The molecule has 3 aromatic rings. The summed E-state index contributed by atoms with van der Waals surface area (Å²) in [6.45, 7) is 5.90. The van der Waals surface area contributed by atoms with E-state index in [1.165, 1.54) is 18.5 Å². The number of fused-ring (bicyclic) bond motifs is 1. The first kappa shape index (κ1) is 22.0. The highest BCUT2D eigenvalue weighted by Gasteiger charge is 2.47. The Balaban J connectivity index is 1.69. The maximum absolute atomic E-state index is 14.6. The first-order valence-electron chi connectivity index (χ1n) is 10.5. The molecule has 4 rings (SSSR count). The van der Waals surface area contributed by atoms with Gasteiger partial charge in [-0.05, 0) is 63.8 Å². The zero-order valence-corrected chi connectivity index (χ0v) is 18.4. The predicted molar refractivity (Wildman–Crippen MR) is 117 cm³/mol. The van der Waals surface area contributed by atoms with Crippen molar-refractivity contribution >= 4 is 16.9 Å². The van der Waals surface area contributed by atoms with Crippen LogP contribution in [-0.4, -0.2) is 25.7 Å². The second-order valence-electron chi connectivity index (χ2n) is 9.03. The Bertz CT molecular complexity index is 1230. The van der Waals surface area contributed by atoms with E-state index in [9.17, 15) is 19.1 Å². The van der Waals surface area contributed by atoms with Gasteiger partial charge in [0.05, 0.1) is 16.9 Å². The fourth-order valence-corrected chi connectivity index (χ4v) is 3.89. The molecule has 2 aromatic heterocycles. The van der Waals surface area contributed by atoms with E-state index >= 15 is 0 Å². The van der Waals surface area contributed by atoms with Gasteiger partial charge in [0.1, 0.15) is 17.7 Å². The topological polar surface area (TPSA) is 94.7 Å². The number of aromatic nitrogens is 3. The van der Waals surface area contributed by atoms with E-state index in [0.717, 1.165) is 37.9 Å². The number of pyridine rings is 1. The summed E-state index contributed by atoms with van der Waals surface area (Å²) in [5.74, 6) is -2.89. The van der Waals surface area contributed by atoms with Crippen LogP contribution in [-0.2, 0) is 11.3 Å². The third kappa shape index (κ3) is 3.67. The molecule has 8 heteroatoms. The second kappa shape index (κ2) is 7.45. The molecule has 2 N–H and O–H groups in total. The number of nitrogens with one attached hydrogen (secondary N) is 1. The monoisotopic (exact) mass is 437 g/mol. The van der Waals surface area contributed by atoms with Crippen LogP contribution in [0, 0.1) is 18.3 Å². The van der Waals surface area contributed by atoms with Crippen molar-refractivity contribution in [2.45, 2.75) is 63.5 Å². The van der Waals surface area contributed by atoms with Crippen LogP contribution in [0.3, 0.4) is 0 Å². The maximum atomic E-state index is 14.6. The summed E-state index contributed by atoms with van der Waals surface area (Å²) in [5, 5.41) is 23.5. The number of nitriles is 1. The Morgan fingerprint density at radius 2 is 1.94 bits per heavy atom. The van der Waals surface area contributed by atoms with Crippen molar-refractivity contribution in [2.24, 2.45) is 0 Å². The molecule has 32 heavy (non-hydrogen) atoms. The molecule has 0 bridgehead atoms. The minimum Gasteiger partial charge on any atom is -0.384 e. The molecule has 0 aliphatic heterocycles. The molecule has 1 aliphatic carbocycles. The fourth-order valence-electron chi connectivity index (χ4n) is 3.89. The van der Waals surface area contributed by atoms with Crippen LogP contribution < -0.4 is 5.32 Å². The van der Waals surface area contributed by atoms with Crippen LogP contribution in [0.2, 0.25) is 0 Å². The molecule has 0 radical (unpaired) electrons. The zero-order chi connectivity index (χ0) is 23.3. The molecule has 0 amide bonds. The summed E-state index contributed by atoms with van der Waals surface area (Å²) < 4.78 is 29.3. The number of nitrogens with zero attached hydrogens (tertiary/aromatic N) is 4. The maximum Gasteiger partial charge on any atom is 0.300 e. The largest absolute Gasteiger partial charge is 0.384 e. The highest BCUT2D eigenvalue weighted by molar-refractivity contribution is 5.87. The Labute approximate surface area is 185 Å². The van der Waals surface area contributed by atoms with Crippen molar-refractivity contribution in [2.75, 3.05) is 5.32 Å². The first-order valence-corrected chi connectivity index (χ1v) is 10.5. The summed E-state index contributed by atoms with van der Waals surface area (Å²) in [7, 11) is 0. The van der Waals surface area contributed by atoms with Crippen molar-refractivity contribution in [1.82, 2.24) is 15.0 Å². The molecule has 1 aromatic carbocycles. The number of alkyl halides is 2. The Kier molecular flexibility index (Phi) is 5.13. The van der Waals surface area contributed by atoms with Crippen LogP contribution in [0.25, 0.3) is 11.0 Å². The number of anilines is 1. The highest BCUT2D eigenvalue weighted by atomic mass is 19.3. The third-order valence-corrected chi connectivity index (χ3v) is 6.17. The van der Waals surface area contributed by atoms with Crippen molar-refractivity contribution in [3.8, 4) is 6.07 Å². The lowest BCUT2D eigenvalue weighted by atomic mass is 9.91. The van der Waals surface area contributed by atoms with Gasteiger partial charge in [-0.3, -0.25) is 0 Å². The van der Waals surface area contributed by atoms with Gasteiger partial charge in [-0.25, -0.2) is 15.0 Å². The van der Waals surface area contributed by atoms with Crippen LogP contribution in [0.15, 0.2) is 36.7 Å². The summed E-state index contributed by atoms with van der Waals surface area (Å²) >= 11 is 0. The van der Waals surface area contributed by atoms with Gasteiger partial charge in [-0.2, -0.15) is 14.0 Å². The quantitative estimate of drug-likeness (QED) is 0.568. The zero-order valence-electron chi connectivity index (χ0n) is 18.4. The van der Waals surface area contributed by atoms with Gasteiger partial charge in [-0.1, -0.05) is 18.2 Å². The molecule has 1 atom stereocenters. The molecular formula is C24H25F2N5O. The number of aliphatic hydroxyl groups is 1. The van der Waals surface area contributed by atoms with Crippen LogP contribution in [0.1, 0.15) is 62.0 Å². The van der Waals surface area contributed by atoms with Crippen molar-refractivity contribution in [1.29, 1.82) is 5.26 Å². The van der Waals surface area contributed by atoms with Gasteiger partial charge >= 0.3 is 5.92 Å². The number of benzene rings is 1. The van der Waals surface area contributed by atoms with E-state index in [4.69, 9.17) is 0 Å². The normalized spacial score (nSPS) is 16.4. The average molecular weight is 437 g/mol. The summed E-state index contributed by atoms with van der Waals surface area (Å²) in [4.78, 5) is 13.2. The summed E-state index contributed by atoms with van der Waals surface area (Å²) in [6, 6.07) is 9.95. The van der Waals surface area contributed by atoms with Crippen molar-refractivity contribution in [3.05, 3.63) is 59.0 Å². The van der Waals surface area contributed by atoms with E-state index < -0.39 is 16.9 Å². The SMILES string of the molecule is Cc1nc2ncnc(N[C@H](C)c3cccc(C(F)(F)C(C)(C)O)c3)c2cc1C1(C#N)CC1. The highest BCUT2D eigenvalue weighted by Crippen LogP contribution is 2.49. The molecule has 1 saturated carbocycles. The molecule has 0 saturated heterocycles. The van der Waals surface area contributed by atoms with E-state index in [1.807, 2.05) is 19.9 Å². The standard InChI is InChI=1S/C24H25F2N5O/c1-14(16-6-5-7-17(10-16)24(25,26)22(3,4)32)30-20-18-11-19(23(12-27)8-9-23)15(2)31-21(18)29-13-28-20/h5-7,10-11,13-14,32H,8-9H2,1-4H3,(H,28,29,30,31)/t14-/m1/s1. The smallest absolute Gasteiger partial charge is 0.300 e. The lowest BCUT2D eigenvalue weighted by molar-refractivity contribution is -0.168. The van der Waals surface area contributed by atoms with E-state index in [-0.39, 0.29) is 11.6 Å². The number of hydrogen-bond acceptors (Lipinski definition) is 6. The third-order valence-electron chi connectivity index (χ3n) is 6.17. The average Bonchev–Trinajstić information content (AvgIpc) is 3.54. The molecular weight excluding hydrogens is 412 g/mol. The number of rotatable bonds is 6. The Morgan fingerprint density at radius 3 is 2.56 bits per heavy atom. The molecule has 0 unspecified atom stereocenters. The van der Waals surface area contributed by atoms with Crippen LogP contribution in [0.5, 0.6) is 0 Å². The fraction of sp³-hybridized carbons (Fsp3) is 0.417. The van der Waals surface area contributed by atoms with Crippen molar-refractivity contribution < 1.29 is 13.9 Å². The molecule has 1 fully saturated rings. The first-order chi connectivity index (χ1) is 15.0. The predicted octanol–water partition coefficient (Wildman–Crippen LogP) is 4.92. The van der Waals surface area contributed by atoms with Crippen LogP contribution >= 0.6 is 0 Å². The number of hydrogen-bond donors (Lipinski definition) is 2. The van der Waals surface area contributed by atoms with Gasteiger partial charge < -0.3 is 10.4 Å². The van der Waals surface area contributed by atoms with Gasteiger partial charge in [0.2, 0.25) is 0 Å². The summed E-state index contributed by atoms with van der Waals surface area (Å²) in [6.07, 6.45) is 3.00. The van der Waals surface area contributed by atoms with Crippen LogP contribution in [0.4, 0.5) is 14.6 Å². The number of aryl methyl sites for hydroxylation is 1. The molecule has 166 valence electrons. The second-order valence-corrected chi connectivity index (χ2v) is 9.03. The van der Waals surface area contributed by atoms with Gasteiger partial charge in [-0.15, -0.1) is 0 Å². The lowest BCUT2D eigenvalue weighted by Crippen LogP contribution is -2.40. The summed E-state index contributed by atoms with van der Waals surface area (Å²) in [5.41, 5.74) is -0.166. The molecule has 1 aliphatic rings. The Morgan fingerprint density at radius 1 is 1.22 bits per heavy atom. The van der Waals surface area contributed by atoms with E-state index in [0.29, 0.717) is 22.4 Å². The minimum atomic E-state index is -3.41. The lowest BCUT2D eigenvalue weighted by Gasteiger charge is -2.30.